The summed E-state index contributed by atoms with van der Waals surface area (Å²) >= 11 is 0. The van der Waals surface area contributed by atoms with Crippen molar-refractivity contribution in [2.24, 2.45) is 5.92 Å². The van der Waals surface area contributed by atoms with Gasteiger partial charge in [0.25, 0.3) is 0 Å². The van der Waals surface area contributed by atoms with Gasteiger partial charge in [-0.25, -0.2) is 4.39 Å². The monoisotopic (exact) mass is 209 g/mol. The third-order valence-corrected chi connectivity index (χ3v) is 2.85. The number of nitrogens with zero attached hydrogens (tertiary/aromatic N) is 1. The first-order valence-corrected chi connectivity index (χ1v) is 5.31. The minimum atomic E-state index is -0.246. The van der Waals surface area contributed by atoms with Gasteiger partial charge in [0.15, 0.2) is 0 Å². The molecule has 1 aliphatic carbocycles. The zero-order chi connectivity index (χ0) is 10.8. The maximum Gasteiger partial charge on any atom is 0.146 e. The lowest BCUT2D eigenvalue weighted by molar-refractivity contribution is 0.281. The molecule has 1 N–H and O–H groups in total. The lowest BCUT2D eigenvalue weighted by Gasteiger charge is -2.22. The average Bonchev–Trinajstić information content (AvgIpc) is 3.00. The van der Waals surface area contributed by atoms with Gasteiger partial charge in [-0.15, -0.1) is 0 Å². The van der Waals surface area contributed by atoms with E-state index in [1.807, 2.05) is 11.9 Å². The molecule has 0 aromatic heterocycles. The van der Waals surface area contributed by atoms with E-state index < -0.39 is 0 Å². The molecule has 1 aromatic carbocycles. The quantitative estimate of drug-likeness (QED) is 0.821. The van der Waals surface area contributed by atoms with Crippen LogP contribution in [-0.4, -0.2) is 18.7 Å². The molecule has 0 bridgehead atoms. The van der Waals surface area contributed by atoms with Crippen LogP contribution in [-0.2, 0) is 6.61 Å². The van der Waals surface area contributed by atoms with Crippen molar-refractivity contribution < 1.29 is 9.50 Å². The summed E-state index contributed by atoms with van der Waals surface area (Å²) in [6.07, 6.45) is 2.49. The van der Waals surface area contributed by atoms with Crippen LogP contribution in [0.1, 0.15) is 18.4 Å². The molecule has 1 aliphatic rings. The van der Waals surface area contributed by atoms with Crippen molar-refractivity contribution in [1.82, 2.24) is 0 Å². The van der Waals surface area contributed by atoms with Crippen LogP contribution in [0.25, 0.3) is 0 Å². The molecule has 0 radical (unpaired) electrons. The molecule has 0 heterocycles. The third kappa shape index (κ3) is 2.29. The molecule has 1 aromatic rings. The Hall–Kier alpha value is -1.09. The number of anilines is 1. The molecule has 2 rings (SSSR count). The van der Waals surface area contributed by atoms with Gasteiger partial charge in [0, 0.05) is 19.2 Å². The second-order valence-corrected chi connectivity index (χ2v) is 4.23. The number of aliphatic hydroxyl groups is 1. The summed E-state index contributed by atoms with van der Waals surface area (Å²) in [5, 5.41) is 9.15. The Morgan fingerprint density at radius 2 is 2.20 bits per heavy atom. The van der Waals surface area contributed by atoms with E-state index in [4.69, 9.17) is 5.11 Å². The molecular formula is C12H16FNO. The molecule has 0 saturated heterocycles. The van der Waals surface area contributed by atoms with Gasteiger partial charge in [-0.2, -0.15) is 0 Å². The average molecular weight is 209 g/mol. The van der Waals surface area contributed by atoms with Gasteiger partial charge < -0.3 is 10.0 Å². The fraction of sp³-hybridized carbons (Fsp3) is 0.500. The lowest BCUT2D eigenvalue weighted by atomic mass is 10.1. The lowest BCUT2D eigenvalue weighted by Crippen LogP contribution is -2.22. The molecular weight excluding hydrogens is 193 g/mol. The highest BCUT2D eigenvalue weighted by Crippen LogP contribution is 2.32. The summed E-state index contributed by atoms with van der Waals surface area (Å²) in [5.74, 6) is 0.464. The van der Waals surface area contributed by atoms with Crippen LogP contribution in [0, 0.1) is 11.7 Å². The van der Waals surface area contributed by atoms with Crippen LogP contribution in [0.5, 0.6) is 0 Å². The number of hydrogen-bond acceptors (Lipinski definition) is 2. The maximum atomic E-state index is 13.6. The Labute approximate surface area is 89.3 Å². The third-order valence-electron chi connectivity index (χ3n) is 2.85. The first kappa shape index (κ1) is 10.4. The molecule has 0 atom stereocenters. The number of benzene rings is 1. The van der Waals surface area contributed by atoms with Crippen LogP contribution in [0.3, 0.4) is 0 Å². The van der Waals surface area contributed by atoms with Gasteiger partial charge in [-0.1, -0.05) is 12.1 Å². The Balaban J connectivity index is 2.22. The molecule has 0 spiro atoms. The minimum absolute atomic E-state index is 0.109. The summed E-state index contributed by atoms with van der Waals surface area (Å²) in [7, 11) is 1.88. The van der Waals surface area contributed by atoms with Crippen LogP contribution in [0.2, 0.25) is 0 Å². The zero-order valence-electron chi connectivity index (χ0n) is 8.91. The van der Waals surface area contributed by atoms with E-state index in [9.17, 15) is 4.39 Å². The van der Waals surface area contributed by atoms with E-state index in [0.717, 1.165) is 6.54 Å². The topological polar surface area (TPSA) is 23.5 Å². The van der Waals surface area contributed by atoms with E-state index in [-0.39, 0.29) is 12.4 Å². The Morgan fingerprint density at radius 3 is 2.80 bits per heavy atom. The largest absolute Gasteiger partial charge is 0.392 e. The number of halogens is 1. The highest BCUT2D eigenvalue weighted by Gasteiger charge is 2.24. The van der Waals surface area contributed by atoms with Gasteiger partial charge in [0.2, 0.25) is 0 Å². The molecule has 2 nitrogen and oxygen atoms in total. The van der Waals surface area contributed by atoms with Crippen molar-refractivity contribution in [3.8, 4) is 0 Å². The second kappa shape index (κ2) is 4.19. The first-order chi connectivity index (χ1) is 7.22. The Bertz CT molecular complexity index is 349. The normalized spacial score (nSPS) is 15.4. The van der Waals surface area contributed by atoms with Gasteiger partial charge in [0.1, 0.15) is 5.82 Å². The summed E-state index contributed by atoms with van der Waals surface area (Å²) in [5.41, 5.74) is 1.21. The molecule has 82 valence electrons. The van der Waals surface area contributed by atoms with Crippen molar-refractivity contribution in [2.45, 2.75) is 19.4 Å². The number of rotatable bonds is 4. The molecule has 1 fully saturated rings. The van der Waals surface area contributed by atoms with Gasteiger partial charge in [-0.3, -0.25) is 0 Å². The molecule has 0 amide bonds. The minimum Gasteiger partial charge on any atom is -0.392 e. The predicted octanol–water partition coefficient (Wildman–Crippen LogP) is 2.16. The molecule has 15 heavy (non-hydrogen) atoms. The Morgan fingerprint density at radius 1 is 1.47 bits per heavy atom. The van der Waals surface area contributed by atoms with E-state index >= 15 is 0 Å². The summed E-state index contributed by atoms with van der Waals surface area (Å²) < 4.78 is 13.6. The second-order valence-electron chi connectivity index (χ2n) is 4.23. The fourth-order valence-electron chi connectivity index (χ4n) is 1.89. The standard InChI is InChI=1S/C12H16FNO/c1-14(7-9-5-6-9)12-10(8-15)3-2-4-11(12)13/h2-4,9,15H,5-8H2,1H3. The van der Waals surface area contributed by atoms with Crippen molar-refractivity contribution in [3.05, 3.63) is 29.6 Å². The predicted molar refractivity (Wildman–Crippen MR) is 58.3 cm³/mol. The molecule has 0 unspecified atom stereocenters. The fourth-order valence-corrected chi connectivity index (χ4v) is 1.89. The van der Waals surface area contributed by atoms with Crippen molar-refractivity contribution in [3.63, 3.8) is 0 Å². The maximum absolute atomic E-state index is 13.6. The van der Waals surface area contributed by atoms with Gasteiger partial charge in [-0.05, 0) is 24.8 Å². The van der Waals surface area contributed by atoms with Crippen LogP contribution >= 0.6 is 0 Å². The highest BCUT2D eigenvalue weighted by molar-refractivity contribution is 5.54. The van der Waals surface area contributed by atoms with Crippen molar-refractivity contribution in [2.75, 3.05) is 18.5 Å². The summed E-state index contributed by atoms with van der Waals surface area (Å²) in [4.78, 5) is 1.92. The molecule has 3 heteroatoms. The number of hydrogen-bond donors (Lipinski definition) is 1. The van der Waals surface area contributed by atoms with Crippen molar-refractivity contribution >= 4 is 5.69 Å². The van der Waals surface area contributed by atoms with Crippen LogP contribution < -0.4 is 4.90 Å². The first-order valence-electron chi connectivity index (χ1n) is 5.31. The zero-order valence-corrected chi connectivity index (χ0v) is 8.91. The number of aliphatic hydroxyl groups excluding tert-OH is 1. The van der Waals surface area contributed by atoms with E-state index in [1.54, 1.807) is 12.1 Å². The van der Waals surface area contributed by atoms with Crippen LogP contribution in [0.4, 0.5) is 10.1 Å². The summed E-state index contributed by atoms with van der Waals surface area (Å²) in [6.45, 7) is 0.774. The van der Waals surface area contributed by atoms with Crippen molar-refractivity contribution in [1.29, 1.82) is 0 Å². The highest BCUT2D eigenvalue weighted by atomic mass is 19.1. The van der Waals surface area contributed by atoms with E-state index in [0.29, 0.717) is 17.2 Å². The summed E-state index contributed by atoms with van der Waals surface area (Å²) in [6, 6.07) is 4.84. The van der Waals surface area contributed by atoms with Crippen LogP contribution in [0.15, 0.2) is 18.2 Å². The molecule has 0 aliphatic heterocycles. The smallest absolute Gasteiger partial charge is 0.146 e. The van der Waals surface area contributed by atoms with Gasteiger partial charge >= 0.3 is 0 Å². The Kier molecular flexibility index (Phi) is 2.91. The van der Waals surface area contributed by atoms with E-state index in [2.05, 4.69) is 0 Å². The van der Waals surface area contributed by atoms with Gasteiger partial charge in [0.05, 0.1) is 12.3 Å². The van der Waals surface area contributed by atoms with E-state index in [1.165, 1.54) is 18.9 Å². The molecule has 1 saturated carbocycles. The number of para-hydroxylation sites is 1. The SMILES string of the molecule is CN(CC1CC1)c1c(F)cccc1CO.